The lowest BCUT2D eigenvalue weighted by molar-refractivity contribution is 0.284. The molecule has 1 N–H and O–H groups in total. The van der Waals surface area contributed by atoms with Gasteiger partial charge in [0.15, 0.2) is 22.2 Å². The first-order chi connectivity index (χ1) is 18.3. The first-order valence-electron chi connectivity index (χ1n) is 12.5. The smallest absolute Gasteiger partial charge is 0.392 e. The number of diazo groups is 1. The Hall–Kier alpha value is -1.75. The van der Waals surface area contributed by atoms with Crippen LogP contribution in [0.3, 0.4) is 0 Å². The van der Waals surface area contributed by atoms with E-state index in [9.17, 15) is 5.11 Å². The lowest BCUT2D eigenvalue weighted by atomic mass is 10.1. The minimum atomic E-state index is -0.159. The van der Waals surface area contributed by atoms with Crippen LogP contribution in [0.1, 0.15) is 69.8 Å². The van der Waals surface area contributed by atoms with Gasteiger partial charge in [0.1, 0.15) is 10.0 Å². The summed E-state index contributed by atoms with van der Waals surface area (Å²) in [4.78, 5) is 2.82. The quantitative estimate of drug-likeness (QED) is 0.0622. The largest absolute Gasteiger partial charge is 0.501 e. The monoisotopic (exact) mass is 623 g/mol. The van der Waals surface area contributed by atoms with Gasteiger partial charge in [-0.2, -0.15) is 0 Å². The van der Waals surface area contributed by atoms with Crippen LogP contribution >= 0.6 is 58.0 Å². The Morgan fingerprint density at radius 2 is 1.21 bits per heavy atom. The van der Waals surface area contributed by atoms with E-state index in [4.69, 9.17) is 77.6 Å². The number of aliphatic hydroxyl groups is 1. The lowest BCUT2D eigenvalue weighted by Gasteiger charge is -2.13. The van der Waals surface area contributed by atoms with Gasteiger partial charge >= 0.3 is 6.20 Å². The first kappa shape index (κ1) is 32.5. The minimum Gasteiger partial charge on any atom is -0.501 e. The van der Waals surface area contributed by atoms with Crippen molar-refractivity contribution in [2.75, 3.05) is 20.3 Å². The predicted octanol–water partition coefficient (Wildman–Crippen LogP) is 11.0. The van der Waals surface area contributed by atoms with E-state index >= 15 is 0 Å². The van der Waals surface area contributed by atoms with Crippen molar-refractivity contribution in [2.45, 2.75) is 64.2 Å². The molecule has 0 atom stereocenters. The molecular weight excluding hydrogens is 594 g/mol. The second-order valence-electron chi connectivity index (χ2n) is 8.63. The van der Waals surface area contributed by atoms with E-state index in [2.05, 4.69) is 4.98 Å². The zero-order valence-electron chi connectivity index (χ0n) is 21.3. The molecule has 0 aliphatic carbocycles. The fraction of sp³-hybridized carbons (Fsp3) is 0.481. The molecule has 0 aliphatic heterocycles. The van der Waals surface area contributed by atoms with Crippen molar-refractivity contribution in [3.8, 4) is 17.2 Å². The van der Waals surface area contributed by atoms with Gasteiger partial charge in [-0.15, -0.1) is 0 Å². The van der Waals surface area contributed by atoms with E-state index in [0.29, 0.717) is 30.3 Å². The van der Waals surface area contributed by atoms with Gasteiger partial charge in [0.05, 0.1) is 35.4 Å². The van der Waals surface area contributed by atoms with Crippen LogP contribution < -0.4 is 14.2 Å². The highest BCUT2D eigenvalue weighted by Gasteiger charge is 2.20. The van der Waals surface area contributed by atoms with Crippen LogP contribution in [0.4, 0.5) is 0 Å². The molecule has 2 aromatic carbocycles. The molecule has 11 heteroatoms. The van der Waals surface area contributed by atoms with Crippen molar-refractivity contribution >= 4 is 63.8 Å². The van der Waals surface area contributed by atoms with Crippen LogP contribution in [0.5, 0.6) is 17.2 Å². The van der Waals surface area contributed by atoms with Gasteiger partial charge in [-0.1, -0.05) is 109 Å². The standard InChI is InChI=1S/C27H31Cl5N2O4/c1-36-21-16-18(19(35)17-34-33)12-13-20(21)37-14-10-8-6-4-2-3-5-7-9-11-15-38-27-25(31)23(29)22(28)24(30)26(27)32/h12-13,16-17H,2-11,14-15H2,1H3/p+1/b19-17-. The van der Waals surface area contributed by atoms with Gasteiger partial charge in [0.2, 0.25) is 11.2 Å². The summed E-state index contributed by atoms with van der Waals surface area (Å²) in [5.74, 6) is 1.24. The number of aliphatic hydroxyl groups excluding tert-OH is 1. The third kappa shape index (κ3) is 10.1. The Morgan fingerprint density at radius 3 is 1.71 bits per heavy atom. The van der Waals surface area contributed by atoms with Gasteiger partial charge in [-0.05, 0) is 31.0 Å². The summed E-state index contributed by atoms with van der Waals surface area (Å²) in [5, 5.41) is 19.1. The van der Waals surface area contributed by atoms with Gasteiger partial charge < -0.3 is 19.3 Å². The highest BCUT2D eigenvalue weighted by molar-refractivity contribution is 6.55. The van der Waals surface area contributed by atoms with Gasteiger partial charge in [-0.3, -0.25) is 0 Å². The van der Waals surface area contributed by atoms with E-state index in [1.807, 2.05) is 0 Å². The van der Waals surface area contributed by atoms with Crippen LogP contribution in [0, 0.1) is 5.39 Å². The lowest BCUT2D eigenvalue weighted by Crippen LogP contribution is -2.00. The molecule has 0 saturated heterocycles. The van der Waals surface area contributed by atoms with Crippen molar-refractivity contribution in [3.63, 3.8) is 0 Å². The number of benzene rings is 2. The summed E-state index contributed by atoms with van der Waals surface area (Å²) >= 11 is 30.5. The van der Waals surface area contributed by atoms with Crippen molar-refractivity contribution in [3.05, 3.63) is 60.1 Å². The maximum atomic E-state index is 9.80. The fourth-order valence-electron chi connectivity index (χ4n) is 3.76. The van der Waals surface area contributed by atoms with Crippen molar-refractivity contribution < 1.29 is 19.3 Å². The molecule has 0 bridgehead atoms. The maximum Gasteiger partial charge on any atom is 0.392 e. The van der Waals surface area contributed by atoms with Crippen LogP contribution in [0.15, 0.2) is 24.4 Å². The average molecular weight is 626 g/mol. The molecule has 0 fully saturated rings. The van der Waals surface area contributed by atoms with Crippen molar-refractivity contribution in [1.29, 1.82) is 5.39 Å². The second-order valence-corrected chi connectivity index (χ2v) is 10.5. The number of ether oxygens (including phenoxy) is 3. The minimum absolute atomic E-state index is 0.125. The third-order valence-corrected chi connectivity index (χ3v) is 8.09. The van der Waals surface area contributed by atoms with Crippen LogP contribution in [0.2, 0.25) is 25.1 Å². The normalized spacial score (nSPS) is 11.3. The Balaban J connectivity index is 1.50. The average Bonchev–Trinajstić information content (AvgIpc) is 2.92. The highest BCUT2D eigenvalue weighted by Crippen LogP contribution is 2.48. The molecule has 2 aromatic rings. The Labute approximate surface area is 249 Å². The summed E-state index contributed by atoms with van der Waals surface area (Å²) in [6, 6.07) is 5.05. The summed E-state index contributed by atoms with van der Waals surface area (Å²) in [6.45, 7) is 1.07. The first-order valence-corrected chi connectivity index (χ1v) is 14.4. The molecule has 2 rings (SSSR count). The number of methoxy groups -OCH3 is 1. The molecular formula is C27H32Cl5N2O4+. The van der Waals surface area contributed by atoms with Crippen LogP contribution in [-0.2, 0) is 0 Å². The van der Waals surface area contributed by atoms with Crippen LogP contribution in [0.25, 0.3) is 10.7 Å². The Morgan fingerprint density at radius 1 is 0.737 bits per heavy atom. The predicted molar refractivity (Wildman–Crippen MR) is 157 cm³/mol. The maximum absolute atomic E-state index is 9.80. The van der Waals surface area contributed by atoms with E-state index in [-0.39, 0.29) is 36.6 Å². The van der Waals surface area contributed by atoms with Gasteiger partial charge in [0.25, 0.3) is 0 Å². The van der Waals surface area contributed by atoms with Gasteiger partial charge in [0, 0.05) is 5.56 Å². The zero-order valence-corrected chi connectivity index (χ0v) is 25.0. The molecule has 38 heavy (non-hydrogen) atoms. The fourth-order valence-corrected chi connectivity index (χ4v) is 4.99. The van der Waals surface area contributed by atoms with Crippen LogP contribution in [-0.4, -0.2) is 25.4 Å². The molecule has 0 saturated carbocycles. The molecule has 0 spiro atoms. The number of halogens is 5. The molecule has 0 aliphatic rings. The van der Waals surface area contributed by atoms with Crippen molar-refractivity contribution in [1.82, 2.24) is 0 Å². The molecule has 208 valence electrons. The summed E-state index contributed by atoms with van der Waals surface area (Å²) < 4.78 is 16.9. The number of rotatable bonds is 17. The second kappa shape index (κ2) is 17.8. The van der Waals surface area contributed by atoms with E-state index in [1.54, 1.807) is 18.2 Å². The number of hydrogen-bond acceptors (Lipinski definition) is 5. The summed E-state index contributed by atoms with van der Waals surface area (Å²) in [6.07, 6.45) is 12.1. The highest BCUT2D eigenvalue weighted by atomic mass is 35.5. The van der Waals surface area contributed by atoms with E-state index in [1.165, 1.54) is 39.2 Å². The summed E-state index contributed by atoms with van der Waals surface area (Å²) in [7, 11) is 1.54. The molecule has 0 aromatic heterocycles. The molecule has 6 nitrogen and oxygen atoms in total. The molecule has 0 unspecified atom stereocenters. The molecule has 0 heterocycles. The summed E-state index contributed by atoms with van der Waals surface area (Å²) in [5.41, 5.74) is 0.476. The number of unbranched alkanes of at least 4 members (excludes halogenated alkanes) is 9. The van der Waals surface area contributed by atoms with E-state index < -0.39 is 0 Å². The SMILES string of the molecule is COc1cc(/C(O)=C/[N+]#N)ccc1OCCCCCCCCCCCCOc1c(Cl)c(Cl)c(Cl)c(Cl)c1Cl. The number of nitrogens with zero attached hydrogens (tertiary/aromatic N) is 2. The number of hydrogen-bond donors (Lipinski definition) is 1. The zero-order chi connectivity index (χ0) is 27.9. The van der Waals surface area contributed by atoms with E-state index in [0.717, 1.165) is 38.3 Å². The third-order valence-electron chi connectivity index (χ3n) is 5.85. The Bertz CT molecular complexity index is 1090. The van der Waals surface area contributed by atoms with Gasteiger partial charge in [-0.25, -0.2) is 0 Å². The Kier molecular flexibility index (Phi) is 15.2. The molecule has 0 amide bonds. The topological polar surface area (TPSA) is 76.1 Å². The molecule has 0 radical (unpaired) electrons. The van der Waals surface area contributed by atoms with Crippen molar-refractivity contribution in [2.24, 2.45) is 0 Å².